The summed E-state index contributed by atoms with van der Waals surface area (Å²) >= 11 is 0. The van der Waals surface area contributed by atoms with Crippen molar-refractivity contribution in [3.63, 3.8) is 0 Å². The average Bonchev–Trinajstić information content (AvgIpc) is 3.67. The number of hydrogen-bond acceptors (Lipinski definition) is 3. The van der Waals surface area contributed by atoms with Crippen LogP contribution in [0.4, 0.5) is 0 Å². The first kappa shape index (κ1) is 24.9. The monoisotopic (exact) mass is 600 g/mol. The summed E-state index contributed by atoms with van der Waals surface area (Å²) < 4.78 is 19.2. The molecule has 1 aliphatic rings. The molecular weight excluding hydrogens is 576 g/mol. The summed E-state index contributed by atoms with van der Waals surface area (Å²) in [6, 6.07) is 51.3. The van der Waals surface area contributed by atoms with Crippen molar-refractivity contribution in [3.05, 3.63) is 146 Å². The van der Waals surface area contributed by atoms with Gasteiger partial charge in [-0.3, -0.25) is 0 Å². The Labute approximate surface area is 268 Å². The van der Waals surface area contributed by atoms with E-state index in [0.29, 0.717) is 0 Å². The molecule has 47 heavy (non-hydrogen) atoms. The summed E-state index contributed by atoms with van der Waals surface area (Å²) in [4.78, 5) is 0. The molecule has 0 fully saturated rings. The van der Waals surface area contributed by atoms with Gasteiger partial charge in [0.15, 0.2) is 0 Å². The molecule has 10 aromatic rings. The molecule has 2 aromatic heterocycles. The summed E-state index contributed by atoms with van der Waals surface area (Å²) in [5.74, 6) is 1.79. The molecule has 3 nitrogen and oxygen atoms in total. The van der Waals surface area contributed by atoms with Crippen molar-refractivity contribution >= 4 is 65.4 Å². The largest absolute Gasteiger partial charge is 0.456 e. The van der Waals surface area contributed by atoms with E-state index in [1.807, 2.05) is 18.2 Å². The van der Waals surface area contributed by atoms with Crippen LogP contribution in [0.3, 0.4) is 0 Å². The minimum atomic E-state index is 0.870. The molecule has 0 amide bonds. The summed E-state index contributed by atoms with van der Waals surface area (Å²) in [6.07, 6.45) is 0. The highest BCUT2D eigenvalue weighted by molar-refractivity contribution is 6.16. The zero-order valence-electron chi connectivity index (χ0n) is 25.1. The van der Waals surface area contributed by atoms with E-state index >= 15 is 0 Å². The Morgan fingerprint density at radius 1 is 0.319 bits per heavy atom. The SMILES string of the molecule is c1ccc2c(c1)Oc1cccc3cc(-c4ccc5c(c4)oc4cc(-c6cccc7oc8cc9ccccc9cc8c67)ccc45)cc-2c13. The van der Waals surface area contributed by atoms with E-state index in [4.69, 9.17) is 13.6 Å². The molecular formula is C44H24O3. The number of furan rings is 2. The molecule has 0 saturated heterocycles. The Hall–Kier alpha value is -6.32. The first-order valence-corrected chi connectivity index (χ1v) is 15.9. The van der Waals surface area contributed by atoms with Gasteiger partial charge in [-0.25, -0.2) is 0 Å². The lowest BCUT2D eigenvalue weighted by Crippen LogP contribution is -1.97. The van der Waals surface area contributed by atoms with E-state index in [1.165, 1.54) is 16.3 Å². The summed E-state index contributed by atoms with van der Waals surface area (Å²) in [5.41, 5.74) is 10.3. The van der Waals surface area contributed by atoms with Gasteiger partial charge >= 0.3 is 0 Å². The van der Waals surface area contributed by atoms with Crippen molar-refractivity contribution in [1.29, 1.82) is 0 Å². The lowest BCUT2D eigenvalue weighted by Gasteiger charge is -2.22. The van der Waals surface area contributed by atoms with Crippen molar-refractivity contribution < 1.29 is 13.6 Å². The maximum atomic E-state index is 6.60. The van der Waals surface area contributed by atoms with Crippen LogP contribution < -0.4 is 4.74 Å². The Bertz CT molecular complexity index is 2940. The van der Waals surface area contributed by atoms with Gasteiger partial charge in [0.05, 0.1) is 0 Å². The number of ether oxygens (including phenoxy) is 1. The van der Waals surface area contributed by atoms with Crippen molar-refractivity contribution in [2.24, 2.45) is 0 Å². The van der Waals surface area contributed by atoms with Gasteiger partial charge in [-0.05, 0) is 111 Å². The van der Waals surface area contributed by atoms with Gasteiger partial charge in [0, 0.05) is 32.5 Å². The standard InChI is InChI=1S/C44H24O3/c1-2-8-26-22-42-36(20-25(26)7-1)44-31(11-6-14-39(44)46-42)28-16-18-34-33-17-15-27(23-40(33)47-41(34)24-28)30-19-29-9-5-13-38-43(29)35(21-30)32-10-3-4-12-37(32)45-38/h1-24H. The molecule has 3 heterocycles. The molecule has 0 saturated carbocycles. The number of benzene rings is 8. The van der Waals surface area contributed by atoms with E-state index in [2.05, 4.69) is 127 Å². The van der Waals surface area contributed by atoms with Crippen LogP contribution in [0.15, 0.2) is 154 Å². The van der Waals surface area contributed by atoms with E-state index in [0.717, 1.165) is 94.0 Å². The molecule has 218 valence electrons. The topological polar surface area (TPSA) is 35.5 Å². The summed E-state index contributed by atoms with van der Waals surface area (Å²) in [6.45, 7) is 0. The molecule has 8 aromatic carbocycles. The second-order valence-electron chi connectivity index (χ2n) is 12.5. The van der Waals surface area contributed by atoms with E-state index in [-0.39, 0.29) is 0 Å². The van der Waals surface area contributed by atoms with Crippen LogP contribution >= 0.6 is 0 Å². The second kappa shape index (κ2) is 9.12. The molecule has 0 atom stereocenters. The highest BCUT2D eigenvalue weighted by atomic mass is 16.5. The fraction of sp³-hybridized carbons (Fsp3) is 0. The molecule has 3 heteroatoms. The van der Waals surface area contributed by atoms with Gasteiger partial charge in [-0.1, -0.05) is 78.9 Å². The Morgan fingerprint density at radius 2 is 0.979 bits per heavy atom. The van der Waals surface area contributed by atoms with E-state index in [1.54, 1.807) is 0 Å². The minimum absolute atomic E-state index is 0.870. The van der Waals surface area contributed by atoms with Crippen LogP contribution in [-0.2, 0) is 0 Å². The van der Waals surface area contributed by atoms with Crippen LogP contribution in [0.2, 0.25) is 0 Å². The highest BCUT2D eigenvalue weighted by Crippen LogP contribution is 2.48. The van der Waals surface area contributed by atoms with Crippen molar-refractivity contribution in [2.45, 2.75) is 0 Å². The fourth-order valence-corrected chi connectivity index (χ4v) is 7.63. The third kappa shape index (κ3) is 3.57. The van der Waals surface area contributed by atoms with Gasteiger partial charge < -0.3 is 13.6 Å². The van der Waals surface area contributed by atoms with E-state index < -0.39 is 0 Å². The first-order valence-electron chi connectivity index (χ1n) is 15.9. The number of hydrogen-bond donors (Lipinski definition) is 0. The van der Waals surface area contributed by atoms with Crippen LogP contribution in [0.25, 0.3) is 98.8 Å². The molecule has 11 rings (SSSR count). The zero-order chi connectivity index (χ0) is 30.6. The van der Waals surface area contributed by atoms with Crippen molar-refractivity contribution in [1.82, 2.24) is 0 Å². The second-order valence-corrected chi connectivity index (χ2v) is 12.5. The van der Waals surface area contributed by atoms with Crippen molar-refractivity contribution in [3.8, 4) is 44.9 Å². The summed E-state index contributed by atoms with van der Waals surface area (Å²) in [5, 5.41) is 9.16. The van der Waals surface area contributed by atoms with Gasteiger partial charge in [0.25, 0.3) is 0 Å². The minimum Gasteiger partial charge on any atom is -0.456 e. The molecule has 0 radical (unpaired) electrons. The predicted octanol–water partition coefficient (Wildman–Crippen LogP) is 12.9. The van der Waals surface area contributed by atoms with E-state index in [9.17, 15) is 0 Å². The number of rotatable bonds is 2. The third-order valence-corrected chi connectivity index (χ3v) is 9.82. The number of fused-ring (bicyclic) bond motifs is 9. The Balaban J connectivity index is 1.06. The van der Waals surface area contributed by atoms with Crippen LogP contribution in [0.5, 0.6) is 11.5 Å². The Morgan fingerprint density at radius 3 is 1.87 bits per heavy atom. The molecule has 0 N–H and O–H groups in total. The maximum Gasteiger partial charge on any atom is 0.136 e. The normalized spacial score (nSPS) is 12.4. The van der Waals surface area contributed by atoms with Gasteiger partial charge in [0.2, 0.25) is 0 Å². The van der Waals surface area contributed by atoms with Crippen LogP contribution in [-0.4, -0.2) is 0 Å². The molecule has 0 unspecified atom stereocenters. The molecule has 1 aliphatic heterocycles. The van der Waals surface area contributed by atoms with Crippen LogP contribution in [0, 0.1) is 0 Å². The number of para-hydroxylation sites is 1. The third-order valence-electron chi connectivity index (χ3n) is 9.82. The molecule has 0 bridgehead atoms. The van der Waals surface area contributed by atoms with Crippen LogP contribution in [0.1, 0.15) is 0 Å². The quantitative estimate of drug-likeness (QED) is 0.198. The fourth-order valence-electron chi connectivity index (χ4n) is 7.63. The molecule has 0 spiro atoms. The zero-order valence-corrected chi connectivity index (χ0v) is 25.1. The highest BCUT2D eigenvalue weighted by Gasteiger charge is 2.21. The maximum absolute atomic E-state index is 6.60. The predicted molar refractivity (Wildman–Crippen MR) is 192 cm³/mol. The molecule has 0 aliphatic carbocycles. The smallest absolute Gasteiger partial charge is 0.136 e. The van der Waals surface area contributed by atoms with Gasteiger partial charge in [-0.15, -0.1) is 0 Å². The Kier molecular flexibility index (Phi) is 4.84. The van der Waals surface area contributed by atoms with Gasteiger partial charge in [-0.2, -0.15) is 0 Å². The average molecular weight is 601 g/mol. The first-order chi connectivity index (χ1) is 23.2. The van der Waals surface area contributed by atoms with Crippen molar-refractivity contribution in [2.75, 3.05) is 0 Å². The summed E-state index contributed by atoms with van der Waals surface area (Å²) in [7, 11) is 0. The van der Waals surface area contributed by atoms with Gasteiger partial charge in [0.1, 0.15) is 33.8 Å². The lowest BCUT2D eigenvalue weighted by atomic mass is 9.90. The lowest BCUT2D eigenvalue weighted by molar-refractivity contribution is 0.487.